The molecule has 2 N–H and O–H groups in total. The zero-order valence-corrected chi connectivity index (χ0v) is 17.3. The molecule has 31 heavy (non-hydrogen) atoms. The predicted molar refractivity (Wildman–Crippen MR) is 114 cm³/mol. The number of carbonyl (C=O) groups excluding carboxylic acids is 2. The quantitative estimate of drug-likeness (QED) is 0.479. The van der Waals surface area contributed by atoms with Crippen LogP contribution in [-0.2, 0) is 18.4 Å². The van der Waals surface area contributed by atoms with Crippen molar-refractivity contribution < 1.29 is 9.59 Å². The van der Waals surface area contributed by atoms with Gasteiger partial charge in [-0.15, -0.1) is 0 Å². The Balaban J connectivity index is 1.45. The number of carbonyl (C=O) groups is 2. The average Bonchev–Trinajstić information content (AvgIpc) is 3.28. The van der Waals surface area contributed by atoms with Crippen molar-refractivity contribution in [3.63, 3.8) is 0 Å². The lowest BCUT2D eigenvalue weighted by atomic mass is 10.2. The molecule has 10 heteroatoms. The second kappa shape index (κ2) is 7.90. The van der Waals surface area contributed by atoms with Gasteiger partial charge in [0.15, 0.2) is 5.65 Å². The second-order valence-electron chi connectivity index (χ2n) is 7.14. The Morgan fingerprint density at radius 1 is 1.10 bits per heavy atom. The van der Waals surface area contributed by atoms with Crippen LogP contribution in [0.15, 0.2) is 53.7 Å². The number of hydrazine groups is 1. The third-order valence-electron chi connectivity index (χ3n) is 5.04. The molecule has 158 valence electrons. The van der Waals surface area contributed by atoms with E-state index in [1.54, 1.807) is 13.1 Å². The van der Waals surface area contributed by atoms with Gasteiger partial charge >= 0.3 is 0 Å². The number of hydrogen-bond acceptors (Lipinski definition) is 5. The monoisotopic (exact) mass is 419 g/mol. The van der Waals surface area contributed by atoms with E-state index in [0.717, 1.165) is 21.6 Å². The number of fused-ring (bicyclic) bond motifs is 1. The minimum Gasteiger partial charge on any atom is -0.318 e. The van der Waals surface area contributed by atoms with Crippen molar-refractivity contribution in [1.29, 1.82) is 0 Å². The zero-order chi connectivity index (χ0) is 22.1. The van der Waals surface area contributed by atoms with E-state index in [0.29, 0.717) is 16.6 Å². The van der Waals surface area contributed by atoms with Gasteiger partial charge in [0, 0.05) is 24.1 Å². The summed E-state index contributed by atoms with van der Waals surface area (Å²) >= 11 is 0. The minimum absolute atomic E-state index is 0.292. The van der Waals surface area contributed by atoms with Crippen LogP contribution in [0, 0.1) is 13.8 Å². The highest BCUT2D eigenvalue weighted by molar-refractivity contribution is 5.97. The Morgan fingerprint density at radius 2 is 1.84 bits per heavy atom. The second-order valence-corrected chi connectivity index (χ2v) is 7.14. The van der Waals surface area contributed by atoms with Crippen LogP contribution in [0.2, 0.25) is 0 Å². The van der Waals surface area contributed by atoms with E-state index in [1.165, 1.54) is 17.2 Å². The number of hydrogen-bond donors (Lipinski definition) is 2. The maximum Gasteiger partial charge on any atom is 0.271 e. The summed E-state index contributed by atoms with van der Waals surface area (Å²) in [6, 6.07) is 11.4. The summed E-state index contributed by atoms with van der Waals surface area (Å²) in [6.07, 6.45) is 2.69. The molecule has 2 amide bonds. The van der Waals surface area contributed by atoms with Crippen molar-refractivity contribution in [2.75, 3.05) is 0 Å². The van der Waals surface area contributed by atoms with Crippen molar-refractivity contribution in [3.8, 4) is 5.69 Å². The Hall–Kier alpha value is -4.21. The van der Waals surface area contributed by atoms with Crippen molar-refractivity contribution >= 4 is 22.8 Å². The number of rotatable bonds is 4. The SMILES string of the molecule is Cc1cc(C(=O)NNC(=O)Cn2cnc3c(cnn3C)c2=O)c(C)n1-c1ccccc1. The summed E-state index contributed by atoms with van der Waals surface area (Å²) < 4.78 is 4.60. The van der Waals surface area contributed by atoms with E-state index in [-0.39, 0.29) is 12.1 Å². The van der Waals surface area contributed by atoms with Crippen molar-refractivity contribution in [2.45, 2.75) is 20.4 Å². The van der Waals surface area contributed by atoms with Gasteiger partial charge in [0.05, 0.1) is 11.8 Å². The number of nitrogens with zero attached hydrogens (tertiary/aromatic N) is 5. The number of aryl methyl sites for hydroxylation is 2. The molecule has 3 heterocycles. The highest BCUT2D eigenvalue weighted by Gasteiger charge is 2.17. The standard InChI is InChI=1S/C21H21N7O3/c1-13-9-16(14(2)28(13)15-7-5-4-6-8-15)20(30)25-24-18(29)11-27-12-22-19-17(21(27)31)10-23-26(19)3/h4-10,12H,11H2,1-3H3,(H,24,29)(H,25,30). The van der Waals surface area contributed by atoms with Gasteiger partial charge in [0.1, 0.15) is 18.3 Å². The largest absolute Gasteiger partial charge is 0.318 e. The molecule has 0 fully saturated rings. The first-order valence-electron chi connectivity index (χ1n) is 9.57. The highest BCUT2D eigenvalue weighted by atomic mass is 16.2. The fourth-order valence-corrected chi connectivity index (χ4v) is 3.53. The van der Waals surface area contributed by atoms with Crippen LogP contribution in [0.25, 0.3) is 16.7 Å². The molecule has 0 saturated carbocycles. The molecule has 4 rings (SSSR count). The fraction of sp³-hybridized carbons (Fsp3) is 0.190. The molecule has 0 bridgehead atoms. The Bertz CT molecular complexity index is 1350. The van der Waals surface area contributed by atoms with Crippen LogP contribution in [0.5, 0.6) is 0 Å². The normalized spacial score (nSPS) is 10.9. The van der Waals surface area contributed by atoms with Crippen LogP contribution in [-0.4, -0.2) is 35.7 Å². The maximum absolute atomic E-state index is 12.6. The van der Waals surface area contributed by atoms with Crippen LogP contribution in [0.3, 0.4) is 0 Å². The van der Waals surface area contributed by atoms with Gasteiger partial charge in [-0.2, -0.15) is 5.10 Å². The molecule has 0 aliphatic heterocycles. The summed E-state index contributed by atoms with van der Waals surface area (Å²) in [5, 5.41) is 4.31. The lowest BCUT2D eigenvalue weighted by Gasteiger charge is -2.11. The highest BCUT2D eigenvalue weighted by Crippen LogP contribution is 2.20. The lowest BCUT2D eigenvalue weighted by Crippen LogP contribution is -2.44. The third kappa shape index (κ3) is 3.70. The fourth-order valence-electron chi connectivity index (χ4n) is 3.53. The number of nitrogens with one attached hydrogen (secondary N) is 2. The van der Waals surface area contributed by atoms with Crippen LogP contribution < -0.4 is 16.4 Å². The van der Waals surface area contributed by atoms with Crippen molar-refractivity contribution in [1.82, 2.24) is 34.8 Å². The van der Waals surface area contributed by atoms with Gasteiger partial charge in [0.25, 0.3) is 17.4 Å². The van der Waals surface area contributed by atoms with E-state index in [1.807, 2.05) is 48.7 Å². The van der Waals surface area contributed by atoms with Crippen molar-refractivity contribution in [3.05, 3.63) is 76.2 Å². The van der Waals surface area contributed by atoms with Gasteiger partial charge in [0.2, 0.25) is 0 Å². The third-order valence-corrected chi connectivity index (χ3v) is 5.04. The van der Waals surface area contributed by atoms with Crippen LogP contribution in [0.1, 0.15) is 21.7 Å². The molecule has 0 saturated heterocycles. The van der Waals surface area contributed by atoms with Gasteiger partial charge in [-0.3, -0.25) is 34.5 Å². The number of aromatic nitrogens is 5. The van der Waals surface area contributed by atoms with Gasteiger partial charge < -0.3 is 4.57 Å². The Morgan fingerprint density at radius 3 is 2.58 bits per heavy atom. The molecule has 1 aromatic carbocycles. The molecule has 4 aromatic rings. The summed E-state index contributed by atoms with van der Waals surface area (Å²) in [4.78, 5) is 41.5. The minimum atomic E-state index is -0.558. The molecule has 3 aromatic heterocycles. The first-order chi connectivity index (χ1) is 14.9. The summed E-state index contributed by atoms with van der Waals surface area (Å²) in [5.41, 5.74) is 7.83. The molecular formula is C21H21N7O3. The lowest BCUT2D eigenvalue weighted by molar-refractivity contribution is -0.122. The average molecular weight is 419 g/mol. The number of para-hydroxylation sites is 1. The topological polar surface area (TPSA) is 116 Å². The maximum atomic E-state index is 12.6. The Labute approximate surface area is 177 Å². The molecule has 0 unspecified atom stereocenters. The molecule has 0 radical (unpaired) electrons. The Kier molecular flexibility index (Phi) is 5.12. The van der Waals surface area contributed by atoms with E-state index in [9.17, 15) is 14.4 Å². The first kappa shape index (κ1) is 20.1. The van der Waals surface area contributed by atoms with E-state index in [2.05, 4.69) is 20.9 Å². The molecular weight excluding hydrogens is 398 g/mol. The van der Waals surface area contributed by atoms with Crippen LogP contribution in [0.4, 0.5) is 0 Å². The molecule has 0 atom stereocenters. The first-order valence-corrected chi connectivity index (χ1v) is 9.57. The summed E-state index contributed by atoms with van der Waals surface area (Å²) in [5.74, 6) is -1.01. The smallest absolute Gasteiger partial charge is 0.271 e. The van der Waals surface area contributed by atoms with Gasteiger partial charge in [-0.25, -0.2) is 4.98 Å². The summed E-state index contributed by atoms with van der Waals surface area (Å²) in [6.45, 7) is 3.45. The van der Waals surface area contributed by atoms with E-state index >= 15 is 0 Å². The van der Waals surface area contributed by atoms with Crippen molar-refractivity contribution in [2.24, 2.45) is 7.05 Å². The van der Waals surface area contributed by atoms with E-state index in [4.69, 9.17) is 0 Å². The predicted octanol–water partition coefficient (Wildman–Crippen LogP) is 0.999. The number of benzene rings is 1. The van der Waals surface area contributed by atoms with E-state index < -0.39 is 11.8 Å². The van der Waals surface area contributed by atoms with Crippen LogP contribution >= 0.6 is 0 Å². The molecule has 0 aliphatic carbocycles. The number of amides is 2. The van der Waals surface area contributed by atoms with Gasteiger partial charge in [-0.1, -0.05) is 18.2 Å². The summed E-state index contributed by atoms with van der Waals surface area (Å²) in [7, 11) is 1.68. The molecule has 0 spiro atoms. The zero-order valence-electron chi connectivity index (χ0n) is 17.3. The van der Waals surface area contributed by atoms with Gasteiger partial charge in [-0.05, 0) is 32.0 Å². The molecule has 10 nitrogen and oxygen atoms in total. The molecule has 0 aliphatic rings.